The summed E-state index contributed by atoms with van der Waals surface area (Å²) in [7, 11) is 1.67. The Morgan fingerprint density at radius 3 is 2.11 bits per heavy atom. The normalized spacial score (nSPS) is 29.1. The molecule has 1 saturated carbocycles. The highest BCUT2D eigenvalue weighted by molar-refractivity contribution is 5.81. The highest BCUT2D eigenvalue weighted by Crippen LogP contribution is 2.27. The van der Waals surface area contributed by atoms with Crippen LogP contribution >= 0.6 is 0 Å². The van der Waals surface area contributed by atoms with Crippen LogP contribution in [0.15, 0.2) is 0 Å². The number of likely N-dealkylation sites (tertiary alicyclic amines) is 1. The van der Waals surface area contributed by atoms with E-state index in [2.05, 4.69) is 5.32 Å². The van der Waals surface area contributed by atoms with Crippen molar-refractivity contribution >= 4 is 11.8 Å². The summed E-state index contributed by atoms with van der Waals surface area (Å²) in [5.74, 6) is 0.628. The number of piperidine rings is 1. The summed E-state index contributed by atoms with van der Waals surface area (Å²) in [5, 5.41) is 2.69. The van der Waals surface area contributed by atoms with E-state index < -0.39 is 0 Å². The Hall–Kier alpha value is -1.10. The van der Waals surface area contributed by atoms with Gasteiger partial charge in [0.2, 0.25) is 11.8 Å². The fraction of sp³-hybridized carbons (Fsp3) is 0.857. The Morgan fingerprint density at radius 2 is 1.58 bits per heavy atom. The molecule has 5 nitrogen and oxygen atoms in total. The fourth-order valence-corrected chi connectivity index (χ4v) is 3.19. The van der Waals surface area contributed by atoms with Crippen molar-refractivity contribution in [2.45, 2.75) is 44.6 Å². The molecular formula is C14H25N3O2. The predicted molar refractivity (Wildman–Crippen MR) is 73.3 cm³/mol. The molecule has 19 heavy (non-hydrogen) atoms. The third-order valence-electron chi connectivity index (χ3n) is 4.54. The standard InChI is InChI=1S/C14H25N3O2/c1-16-13(18)10-6-8-17(9-7-10)14(19)11-2-4-12(15)5-3-11/h10-12H,2-9,15H2,1H3,(H,16,18). The van der Waals surface area contributed by atoms with Crippen LogP contribution < -0.4 is 11.1 Å². The average Bonchev–Trinajstić information content (AvgIpc) is 2.46. The molecule has 1 saturated heterocycles. The van der Waals surface area contributed by atoms with Gasteiger partial charge in [0.15, 0.2) is 0 Å². The van der Waals surface area contributed by atoms with Gasteiger partial charge in [-0.1, -0.05) is 0 Å². The maximum atomic E-state index is 12.4. The number of amides is 2. The van der Waals surface area contributed by atoms with Crippen LogP contribution in [0.3, 0.4) is 0 Å². The fourth-order valence-electron chi connectivity index (χ4n) is 3.19. The first-order valence-electron chi connectivity index (χ1n) is 7.37. The zero-order valence-corrected chi connectivity index (χ0v) is 11.7. The van der Waals surface area contributed by atoms with Crippen molar-refractivity contribution in [3.8, 4) is 0 Å². The van der Waals surface area contributed by atoms with Crippen LogP contribution in [0.2, 0.25) is 0 Å². The number of nitrogens with zero attached hydrogens (tertiary/aromatic N) is 1. The zero-order valence-electron chi connectivity index (χ0n) is 11.7. The number of hydrogen-bond donors (Lipinski definition) is 2. The van der Waals surface area contributed by atoms with Crippen molar-refractivity contribution in [2.75, 3.05) is 20.1 Å². The zero-order chi connectivity index (χ0) is 13.8. The molecule has 0 spiro atoms. The van der Waals surface area contributed by atoms with Crippen molar-refractivity contribution in [2.24, 2.45) is 17.6 Å². The number of nitrogens with one attached hydrogen (secondary N) is 1. The van der Waals surface area contributed by atoms with Gasteiger partial charge in [0.05, 0.1) is 0 Å². The van der Waals surface area contributed by atoms with E-state index in [0.29, 0.717) is 0 Å². The van der Waals surface area contributed by atoms with Crippen LogP contribution in [-0.4, -0.2) is 42.9 Å². The van der Waals surface area contributed by atoms with E-state index in [-0.39, 0.29) is 29.7 Å². The van der Waals surface area contributed by atoms with E-state index in [1.165, 1.54) is 0 Å². The number of hydrogen-bond acceptors (Lipinski definition) is 3. The van der Waals surface area contributed by atoms with Gasteiger partial charge in [-0.05, 0) is 38.5 Å². The summed E-state index contributed by atoms with van der Waals surface area (Å²) in [6.07, 6.45) is 5.36. The molecule has 2 aliphatic rings. The molecule has 1 aliphatic heterocycles. The second kappa shape index (κ2) is 6.37. The van der Waals surface area contributed by atoms with Crippen LogP contribution in [0.1, 0.15) is 38.5 Å². The van der Waals surface area contributed by atoms with Crippen LogP contribution in [0.25, 0.3) is 0 Å². The van der Waals surface area contributed by atoms with Crippen molar-refractivity contribution in [1.82, 2.24) is 10.2 Å². The lowest BCUT2D eigenvalue weighted by molar-refractivity contribution is -0.140. The molecule has 2 fully saturated rings. The molecule has 0 aromatic carbocycles. The Bertz CT molecular complexity index is 330. The van der Waals surface area contributed by atoms with Gasteiger partial charge < -0.3 is 16.0 Å². The van der Waals surface area contributed by atoms with Gasteiger partial charge >= 0.3 is 0 Å². The summed E-state index contributed by atoms with van der Waals surface area (Å²) in [5.41, 5.74) is 5.87. The van der Waals surface area contributed by atoms with Crippen LogP contribution in [-0.2, 0) is 9.59 Å². The monoisotopic (exact) mass is 267 g/mol. The molecule has 1 heterocycles. The summed E-state index contributed by atoms with van der Waals surface area (Å²) < 4.78 is 0. The van der Waals surface area contributed by atoms with Crippen LogP contribution in [0.4, 0.5) is 0 Å². The van der Waals surface area contributed by atoms with Gasteiger partial charge in [-0.25, -0.2) is 0 Å². The maximum absolute atomic E-state index is 12.4. The third-order valence-corrected chi connectivity index (χ3v) is 4.54. The van der Waals surface area contributed by atoms with Gasteiger partial charge in [-0.3, -0.25) is 9.59 Å². The van der Waals surface area contributed by atoms with E-state index in [1.807, 2.05) is 4.90 Å². The van der Waals surface area contributed by atoms with E-state index in [0.717, 1.165) is 51.6 Å². The SMILES string of the molecule is CNC(=O)C1CCN(C(=O)C2CCC(N)CC2)CC1. The first kappa shape index (κ1) is 14.3. The molecule has 0 aromatic rings. The van der Waals surface area contributed by atoms with Gasteiger partial charge in [0, 0.05) is 38.0 Å². The van der Waals surface area contributed by atoms with Gasteiger partial charge in [-0.2, -0.15) is 0 Å². The molecule has 0 unspecified atom stereocenters. The summed E-state index contributed by atoms with van der Waals surface area (Å²) in [6.45, 7) is 1.44. The molecule has 0 atom stereocenters. The minimum absolute atomic E-state index is 0.0776. The smallest absolute Gasteiger partial charge is 0.225 e. The highest BCUT2D eigenvalue weighted by atomic mass is 16.2. The Balaban J connectivity index is 1.81. The lowest BCUT2D eigenvalue weighted by atomic mass is 9.85. The van der Waals surface area contributed by atoms with E-state index >= 15 is 0 Å². The Morgan fingerprint density at radius 1 is 1.00 bits per heavy atom. The van der Waals surface area contributed by atoms with E-state index in [9.17, 15) is 9.59 Å². The molecule has 108 valence electrons. The van der Waals surface area contributed by atoms with Crippen molar-refractivity contribution in [3.63, 3.8) is 0 Å². The van der Waals surface area contributed by atoms with Gasteiger partial charge in [0.25, 0.3) is 0 Å². The highest BCUT2D eigenvalue weighted by Gasteiger charge is 2.32. The largest absolute Gasteiger partial charge is 0.359 e. The van der Waals surface area contributed by atoms with Crippen molar-refractivity contribution < 1.29 is 9.59 Å². The molecule has 0 aromatic heterocycles. The molecule has 5 heteroatoms. The minimum atomic E-state index is 0.0776. The van der Waals surface area contributed by atoms with Crippen LogP contribution in [0, 0.1) is 11.8 Å². The van der Waals surface area contributed by atoms with Crippen molar-refractivity contribution in [3.05, 3.63) is 0 Å². The Labute approximate surface area is 114 Å². The summed E-state index contributed by atoms with van der Waals surface area (Å²) >= 11 is 0. The molecule has 2 amide bonds. The average molecular weight is 267 g/mol. The van der Waals surface area contributed by atoms with Gasteiger partial charge in [0.1, 0.15) is 0 Å². The first-order chi connectivity index (χ1) is 9.11. The van der Waals surface area contributed by atoms with Crippen molar-refractivity contribution in [1.29, 1.82) is 0 Å². The topological polar surface area (TPSA) is 75.4 Å². The Kier molecular flexibility index (Phi) is 4.80. The quantitative estimate of drug-likeness (QED) is 0.764. The molecule has 3 N–H and O–H groups in total. The maximum Gasteiger partial charge on any atom is 0.225 e. The molecule has 1 aliphatic carbocycles. The number of carbonyl (C=O) groups is 2. The summed E-state index contributed by atoms with van der Waals surface area (Å²) in [4.78, 5) is 25.9. The lowest BCUT2D eigenvalue weighted by Crippen LogP contribution is -2.45. The van der Waals surface area contributed by atoms with E-state index in [1.54, 1.807) is 7.05 Å². The van der Waals surface area contributed by atoms with Gasteiger partial charge in [-0.15, -0.1) is 0 Å². The minimum Gasteiger partial charge on any atom is -0.359 e. The second-order valence-electron chi connectivity index (χ2n) is 5.83. The molecular weight excluding hydrogens is 242 g/mol. The van der Waals surface area contributed by atoms with Crippen LogP contribution in [0.5, 0.6) is 0 Å². The second-order valence-corrected chi connectivity index (χ2v) is 5.83. The predicted octanol–water partition coefficient (Wildman–Crippen LogP) is 0.489. The number of nitrogens with two attached hydrogens (primary N) is 1. The summed E-state index contributed by atoms with van der Waals surface area (Å²) in [6, 6.07) is 0.281. The first-order valence-corrected chi connectivity index (χ1v) is 7.37. The molecule has 2 rings (SSSR count). The lowest BCUT2D eigenvalue weighted by Gasteiger charge is -2.35. The molecule has 0 radical (unpaired) electrons. The number of rotatable bonds is 2. The third kappa shape index (κ3) is 3.47. The molecule has 0 bridgehead atoms. The van der Waals surface area contributed by atoms with E-state index in [4.69, 9.17) is 5.73 Å². The number of carbonyl (C=O) groups excluding carboxylic acids is 2.